The van der Waals surface area contributed by atoms with Crippen molar-refractivity contribution in [2.75, 3.05) is 0 Å². The maximum Gasteiger partial charge on any atom is 0.149 e. The summed E-state index contributed by atoms with van der Waals surface area (Å²) in [4.78, 5) is 0. The van der Waals surface area contributed by atoms with Crippen LogP contribution in [0.15, 0.2) is 30.3 Å². The van der Waals surface area contributed by atoms with Gasteiger partial charge in [0.2, 0.25) is 0 Å². The molecule has 2 heteroatoms. The number of allylic oxidation sites excluding steroid dienone is 1. The lowest BCUT2D eigenvalue weighted by Gasteiger charge is -2.12. The molecule has 0 spiro atoms. The first-order valence-electron chi connectivity index (χ1n) is 4.80. The number of halogens is 1. The Morgan fingerprint density at radius 3 is 2.79 bits per heavy atom. The van der Waals surface area contributed by atoms with Crippen LogP contribution in [0, 0.1) is 0 Å². The van der Waals surface area contributed by atoms with Crippen LogP contribution < -0.4 is 4.74 Å². The van der Waals surface area contributed by atoms with E-state index in [1.807, 2.05) is 31.2 Å². The van der Waals surface area contributed by atoms with Crippen LogP contribution in [0.25, 0.3) is 6.08 Å². The number of hydrogen-bond acceptors (Lipinski definition) is 1. The van der Waals surface area contributed by atoms with Gasteiger partial charge >= 0.3 is 0 Å². The molecule has 0 saturated heterocycles. The third-order valence-electron chi connectivity index (χ3n) is 1.84. The van der Waals surface area contributed by atoms with Crippen molar-refractivity contribution in [3.63, 3.8) is 0 Å². The van der Waals surface area contributed by atoms with Crippen molar-refractivity contribution in [1.29, 1.82) is 0 Å². The summed E-state index contributed by atoms with van der Waals surface area (Å²) >= 11 is 2.31. The summed E-state index contributed by atoms with van der Waals surface area (Å²) in [6.07, 6.45) is 5.11. The van der Waals surface area contributed by atoms with Crippen molar-refractivity contribution in [2.45, 2.75) is 24.4 Å². The van der Waals surface area contributed by atoms with Gasteiger partial charge in [0.25, 0.3) is 0 Å². The molecule has 1 aromatic rings. The molecule has 0 radical (unpaired) electrons. The molecule has 14 heavy (non-hydrogen) atoms. The molecule has 0 N–H and O–H groups in total. The number of para-hydroxylation sites is 1. The largest absolute Gasteiger partial charge is 0.480 e. The molecule has 0 bridgehead atoms. The topological polar surface area (TPSA) is 9.23 Å². The molecule has 1 nitrogen and oxygen atoms in total. The SMILES string of the molecule is C/C=C\c1ccccc1OC(I)CC. The number of alkyl halides is 1. The zero-order valence-electron chi connectivity index (χ0n) is 8.53. The number of ether oxygens (including phenoxy) is 1. The van der Waals surface area contributed by atoms with Gasteiger partial charge in [0.05, 0.1) is 0 Å². The molecule has 0 saturated carbocycles. The summed E-state index contributed by atoms with van der Waals surface area (Å²) in [5.74, 6) is 0.965. The molecule has 0 fully saturated rings. The smallest absolute Gasteiger partial charge is 0.149 e. The van der Waals surface area contributed by atoms with E-state index in [0.29, 0.717) is 0 Å². The molecule has 1 atom stereocenters. The maximum absolute atomic E-state index is 5.78. The van der Waals surface area contributed by atoms with Crippen LogP contribution in [-0.4, -0.2) is 4.11 Å². The summed E-state index contributed by atoms with van der Waals surface area (Å²) in [7, 11) is 0. The van der Waals surface area contributed by atoms with Gasteiger partial charge in [-0.3, -0.25) is 0 Å². The molecule has 76 valence electrons. The molecule has 1 aromatic carbocycles. The van der Waals surface area contributed by atoms with Crippen molar-refractivity contribution in [2.24, 2.45) is 0 Å². The third-order valence-corrected chi connectivity index (χ3v) is 2.98. The van der Waals surface area contributed by atoms with E-state index in [1.54, 1.807) is 0 Å². The number of hydrogen-bond donors (Lipinski definition) is 0. The lowest BCUT2D eigenvalue weighted by atomic mass is 10.2. The lowest BCUT2D eigenvalue weighted by molar-refractivity contribution is 0.298. The highest BCUT2D eigenvalue weighted by Crippen LogP contribution is 2.23. The maximum atomic E-state index is 5.78. The van der Waals surface area contributed by atoms with Gasteiger partial charge in [0.1, 0.15) is 9.86 Å². The summed E-state index contributed by atoms with van der Waals surface area (Å²) in [5.41, 5.74) is 1.14. The normalized spacial score (nSPS) is 13.1. The summed E-state index contributed by atoms with van der Waals surface area (Å²) in [6.45, 7) is 4.13. The first kappa shape index (κ1) is 11.6. The van der Waals surface area contributed by atoms with Gasteiger partial charge in [-0.15, -0.1) is 0 Å². The zero-order valence-corrected chi connectivity index (χ0v) is 10.7. The standard InChI is InChI=1S/C12H15IO/c1-3-7-10-8-5-6-9-11(10)14-12(13)4-2/h3,5-9,12H,4H2,1-2H3/b7-3-. The van der Waals surface area contributed by atoms with Gasteiger partial charge in [-0.1, -0.05) is 37.3 Å². The van der Waals surface area contributed by atoms with Crippen molar-refractivity contribution < 1.29 is 4.74 Å². The van der Waals surface area contributed by atoms with Crippen LogP contribution in [0.3, 0.4) is 0 Å². The molecule has 0 aliphatic rings. The molecule has 0 aromatic heterocycles. The highest BCUT2D eigenvalue weighted by atomic mass is 127. The molecule has 0 amide bonds. The van der Waals surface area contributed by atoms with Crippen LogP contribution in [0.1, 0.15) is 25.8 Å². The fourth-order valence-corrected chi connectivity index (χ4v) is 1.40. The van der Waals surface area contributed by atoms with Crippen molar-refractivity contribution in [3.8, 4) is 5.75 Å². The Kier molecular flexibility index (Phi) is 5.01. The van der Waals surface area contributed by atoms with Crippen LogP contribution in [-0.2, 0) is 0 Å². The van der Waals surface area contributed by atoms with Gasteiger partial charge in [-0.2, -0.15) is 0 Å². The second kappa shape index (κ2) is 6.06. The van der Waals surface area contributed by atoms with Crippen LogP contribution >= 0.6 is 22.6 Å². The van der Waals surface area contributed by atoms with E-state index < -0.39 is 0 Å². The van der Waals surface area contributed by atoms with Crippen LogP contribution in [0.5, 0.6) is 5.75 Å². The van der Waals surface area contributed by atoms with E-state index in [9.17, 15) is 0 Å². The first-order valence-corrected chi connectivity index (χ1v) is 6.05. The van der Waals surface area contributed by atoms with E-state index >= 15 is 0 Å². The minimum Gasteiger partial charge on any atom is -0.480 e. The Morgan fingerprint density at radius 1 is 1.43 bits per heavy atom. The second-order valence-electron chi connectivity index (χ2n) is 2.97. The highest BCUT2D eigenvalue weighted by Gasteiger charge is 2.04. The van der Waals surface area contributed by atoms with E-state index in [1.165, 1.54) is 0 Å². The minimum absolute atomic E-state index is 0.249. The second-order valence-corrected chi connectivity index (χ2v) is 4.36. The van der Waals surface area contributed by atoms with Gasteiger partial charge in [0, 0.05) is 5.56 Å². The van der Waals surface area contributed by atoms with Crippen LogP contribution in [0.4, 0.5) is 0 Å². The Morgan fingerprint density at radius 2 is 2.14 bits per heavy atom. The van der Waals surface area contributed by atoms with Crippen molar-refractivity contribution >= 4 is 28.7 Å². The number of rotatable bonds is 4. The van der Waals surface area contributed by atoms with Gasteiger partial charge < -0.3 is 4.74 Å². The van der Waals surface area contributed by atoms with Gasteiger partial charge in [-0.05, 0) is 42.0 Å². The third kappa shape index (κ3) is 3.33. The van der Waals surface area contributed by atoms with Gasteiger partial charge in [-0.25, -0.2) is 0 Å². The average molecular weight is 302 g/mol. The fourth-order valence-electron chi connectivity index (χ4n) is 1.13. The average Bonchev–Trinajstić information content (AvgIpc) is 2.21. The quantitative estimate of drug-likeness (QED) is 0.596. The van der Waals surface area contributed by atoms with E-state index in [4.69, 9.17) is 4.74 Å². The number of benzene rings is 1. The van der Waals surface area contributed by atoms with E-state index in [2.05, 4.69) is 41.7 Å². The molecule has 1 unspecified atom stereocenters. The minimum atomic E-state index is 0.249. The van der Waals surface area contributed by atoms with Crippen molar-refractivity contribution in [3.05, 3.63) is 35.9 Å². The van der Waals surface area contributed by atoms with Crippen LogP contribution in [0.2, 0.25) is 0 Å². The summed E-state index contributed by atoms with van der Waals surface area (Å²) < 4.78 is 6.03. The Hall–Kier alpha value is -0.510. The van der Waals surface area contributed by atoms with Gasteiger partial charge in [0.15, 0.2) is 0 Å². The highest BCUT2D eigenvalue weighted by molar-refractivity contribution is 14.1. The predicted molar refractivity (Wildman–Crippen MR) is 69.9 cm³/mol. The molecule has 1 rings (SSSR count). The molecule has 0 heterocycles. The Bertz CT molecular complexity index is 307. The fraction of sp³-hybridized carbons (Fsp3) is 0.333. The predicted octanol–water partition coefficient (Wildman–Crippen LogP) is 4.27. The molecular formula is C12H15IO. The summed E-state index contributed by atoms with van der Waals surface area (Å²) in [6, 6.07) is 8.10. The molecule has 0 aliphatic carbocycles. The molecule has 0 aliphatic heterocycles. The molecular weight excluding hydrogens is 287 g/mol. The zero-order chi connectivity index (χ0) is 10.4. The van der Waals surface area contributed by atoms with E-state index in [0.717, 1.165) is 17.7 Å². The Labute approximate surface area is 99.3 Å². The lowest BCUT2D eigenvalue weighted by Crippen LogP contribution is -2.06. The van der Waals surface area contributed by atoms with E-state index in [-0.39, 0.29) is 4.11 Å². The first-order chi connectivity index (χ1) is 6.77. The Balaban J connectivity index is 2.84. The summed E-state index contributed by atoms with van der Waals surface area (Å²) in [5, 5.41) is 0. The monoisotopic (exact) mass is 302 g/mol. The van der Waals surface area contributed by atoms with Crippen molar-refractivity contribution in [1.82, 2.24) is 0 Å².